The first-order valence-electron chi connectivity index (χ1n) is 9.46. The van der Waals surface area contributed by atoms with Crippen LogP contribution in [0.25, 0.3) is 22.0 Å². The normalized spacial score (nSPS) is 11.6. The zero-order valence-electron chi connectivity index (χ0n) is 17.4. The Bertz CT molecular complexity index is 1010. The molecule has 0 aliphatic carbocycles. The minimum Gasteiger partial charge on any atom is -0.497 e. The smallest absolute Gasteiger partial charge is 0.222 e. The van der Waals surface area contributed by atoms with E-state index in [-0.39, 0.29) is 6.61 Å². The van der Waals surface area contributed by atoms with E-state index in [4.69, 9.17) is 23.9 Å². The molecular formula is C22H24N2O6. The van der Waals surface area contributed by atoms with Gasteiger partial charge in [0.05, 0.1) is 26.8 Å². The van der Waals surface area contributed by atoms with Crippen LogP contribution in [0, 0.1) is 4.91 Å². The number of ether oxygens (including phenoxy) is 4. The highest BCUT2D eigenvalue weighted by atomic mass is 16.7. The van der Waals surface area contributed by atoms with Crippen LogP contribution in [-0.4, -0.2) is 39.0 Å². The summed E-state index contributed by atoms with van der Waals surface area (Å²) in [6, 6.07) is 13.2. The minimum absolute atomic E-state index is 0.0310. The van der Waals surface area contributed by atoms with E-state index in [1.54, 1.807) is 27.4 Å². The van der Waals surface area contributed by atoms with Crippen LogP contribution < -0.4 is 18.9 Å². The van der Waals surface area contributed by atoms with Gasteiger partial charge in [-0.1, -0.05) is 19.1 Å². The summed E-state index contributed by atoms with van der Waals surface area (Å²) in [6.45, 7) is 1.96. The molecule has 0 aliphatic heterocycles. The molecule has 8 heteroatoms. The van der Waals surface area contributed by atoms with Crippen molar-refractivity contribution in [1.82, 2.24) is 4.98 Å². The fraction of sp³-hybridized carbons (Fsp3) is 0.318. The van der Waals surface area contributed by atoms with Gasteiger partial charge in [-0.3, -0.25) is 0 Å². The van der Waals surface area contributed by atoms with Crippen LogP contribution in [0.4, 0.5) is 0 Å². The van der Waals surface area contributed by atoms with E-state index in [0.29, 0.717) is 29.3 Å². The number of fused-ring (bicyclic) bond motifs is 1. The molecule has 0 spiro atoms. The van der Waals surface area contributed by atoms with Crippen molar-refractivity contribution in [2.75, 3.05) is 27.9 Å². The second kappa shape index (κ2) is 9.78. The number of methoxy groups -OCH3 is 3. The van der Waals surface area contributed by atoms with Crippen molar-refractivity contribution in [3.8, 4) is 34.3 Å². The highest BCUT2D eigenvalue weighted by Crippen LogP contribution is 2.38. The van der Waals surface area contributed by atoms with E-state index in [1.165, 1.54) is 0 Å². The zero-order chi connectivity index (χ0) is 21.5. The molecule has 0 saturated heterocycles. The topological polar surface area (TPSA) is 88.5 Å². The molecule has 1 unspecified atom stereocenters. The molecule has 0 N–H and O–H groups in total. The first kappa shape index (κ1) is 21.2. The van der Waals surface area contributed by atoms with Gasteiger partial charge in [-0.25, -0.2) is 4.98 Å². The van der Waals surface area contributed by atoms with Crippen molar-refractivity contribution >= 4 is 10.9 Å². The highest BCUT2D eigenvalue weighted by molar-refractivity contribution is 5.92. The molecule has 0 bridgehead atoms. The largest absolute Gasteiger partial charge is 0.497 e. The summed E-state index contributed by atoms with van der Waals surface area (Å²) in [6.07, 6.45) is 0.218. The van der Waals surface area contributed by atoms with Crippen molar-refractivity contribution < 1.29 is 23.8 Å². The third kappa shape index (κ3) is 4.53. The van der Waals surface area contributed by atoms with E-state index in [9.17, 15) is 4.91 Å². The van der Waals surface area contributed by atoms with Gasteiger partial charge in [-0.05, 0) is 30.2 Å². The van der Waals surface area contributed by atoms with E-state index in [0.717, 1.165) is 22.3 Å². The van der Waals surface area contributed by atoms with Gasteiger partial charge >= 0.3 is 0 Å². The molecule has 1 atom stereocenters. The Morgan fingerprint density at radius 3 is 2.30 bits per heavy atom. The third-order valence-corrected chi connectivity index (χ3v) is 4.74. The maximum atomic E-state index is 10.4. The van der Waals surface area contributed by atoms with Gasteiger partial charge in [0.25, 0.3) is 0 Å². The lowest BCUT2D eigenvalue weighted by Crippen LogP contribution is -2.22. The summed E-state index contributed by atoms with van der Waals surface area (Å²) in [7, 11) is 4.80. The maximum Gasteiger partial charge on any atom is 0.222 e. The Morgan fingerprint density at radius 2 is 1.70 bits per heavy atom. The Hall–Kier alpha value is -3.55. The van der Waals surface area contributed by atoms with Crippen LogP contribution in [0.5, 0.6) is 23.1 Å². The second-order valence-corrected chi connectivity index (χ2v) is 6.48. The molecule has 2 aromatic carbocycles. The molecule has 0 saturated carbocycles. The first-order chi connectivity index (χ1) is 14.6. The lowest BCUT2D eigenvalue weighted by Gasteiger charge is -2.19. The van der Waals surface area contributed by atoms with E-state index in [2.05, 4.69) is 10.2 Å². The standard InChI is InChI=1S/C22H24N2O6/c1-5-15(13-29-24-25)30-22-18(14-6-8-16(26-2)9-7-14)12-19-20(23-22)10-17(27-3)11-21(19)28-4/h6-12,15H,5,13H2,1-4H3. The lowest BCUT2D eigenvalue weighted by molar-refractivity contribution is 0.0477. The number of hydrogen-bond acceptors (Lipinski definition) is 8. The summed E-state index contributed by atoms with van der Waals surface area (Å²) < 4.78 is 22.3. The fourth-order valence-electron chi connectivity index (χ4n) is 3.06. The SMILES string of the molecule is CCC(CON=O)Oc1nc2cc(OC)cc(OC)c2cc1-c1ccc(OC)cc1. The lowest BCUT2D eigenvalue weighted by atomic mass is 10.0. The molecule has 1 aromatic heterocycles. The predicted octanol–water partition coefficient (Wildman–Crippen LogP) is 4.78. The van der Waals surface area contributed by atoms with Gasteiger partial charge in [0.15, 0.2) is 11.9 Å². The number of rotatable bonds is 10. The average Bonchev–Trinajstić information content (AvgIpc) is 2.80. The summed E-state index contributed by atoms with van der Waals surface area (Å²) in [4.78, 5) is 19.7. The molecule has 3 rings (SSSR count). The van der Waals surface area contributed by atoms with Gasteiger partial charge in [-0.2, -0.15) is 0 Å². The van der Waals surface area contributed by atoms with Gasteiger partial charge in [0.2, 0.25) is 5.88 Å². The number of benzene rings is 2. The second-order valence-electron chi connectivity index (χ2n) is 6.48. The Morgan fingerprint density at radius 1 is 0.967 bits per heavy atom. The van der Waals surface area contributed by atoms with Crippen LogP contribution in [0.2, 0.25) is 0 Å². The van der Waals surface area contributed by atoms with E-state index in [1.807, 2.05) is 43.3 Å². The molecule has 0 fully saturated rings. The van der Waals surface area contributed by atoms with Crippen LogP contribution in [0.1, 0.15) is 13.3 Å². The molecule has 8 nitrogen and oxygen atoms in total. The van der Waals surface area contributed by atoms with Crippen LogP contribution in [-0.2, 0) is 4.84 Å². The average molecular weight is 412 g/mol. The van der Waals surface area contributed by atoms with E-state index < -0.39 is 6.10 Å². The Balaban J connectivity index is 2.16. The Labute approximate surface area is 174 Å². The molecule has 3 aromatic rings. The third-order valence-electron chi connectivity index (χ3n) is 4.74. The minimum atomic E-state index is -0.392. The van der Waals surface area contributed by atoms with Crippen LogP contribution in [0.15, 0.2) is 47.8 Å². The molecule has 30 heavy (non-hydrogen) atoms. The van der Waals surface area contributed by atoms with Crippen molar-refractivity contribution in [2.24, 2.45) is 5.34 Å². The van der Waals surface area contributed by atoms with Gasteiger partial charge < -0.3 is 23.8 Å². The van der Waals surface area contributed by atoms with Gasteiger partial charge in [-0.15, -0.1) is 4.91 Å². The predicted molar refractivity (Wildman–Crippen MR) is 113 cm³/mol. The molecule has 158 valence electrons. The molecule has 1 heterocycles. The van der Waals surface area contributed by atoms with E-state index >= 15 is 0 Å². The summed E-state index contributed by atoms with van der Waals surface area (Å²) >= 11 is 0. The zero-order valence-corrected chi connectivity index (χ0v) is 17.4. The number of pyridine rings is 1. The summed E-state index contributed by atoms with van der Waals surface area (Å²) in [5, 5.41) is 3.28. The van der Waals surface area contributed by atoms with Crippen LogP contribution >= 0.6 is 0 Å². The number of aromatic nitrogens is 1. The van der Waals surface area contributed by atoms with Crippen molar-refractivity contribution in [2.45, 2.75) is 19.4 Å². The maximum absolute atomic E-state index is 10.4. The molecule has 0 aliphatic rings. The Kier molecular flexibility index (Phi) is 6.90. The number of nitrogens with zero attached hydrogens (tertiary/aromatic N) is 2. The summed E-state index contributed by atoms with van der Waals surface area (Å²) in [5.74, 6) is 2.41. The molecule has 0 radical (unpaired) electrons. The fourth-order valence-corrected chi connectivity index (χ4v) is 3.06. The van der Waals surface area contributed by atoms with Gasteiger partial charge in [0, 0.05) is 23.1 Å². The highest BCUT2D eigenvalue weighted by Gasteiger charge is 2.18. The quantitative estimate of drug-likeness (QED) is 0.350. The van der Waals surface area contributed by atoms with Crippen LogP contribution in [0.3, 0.4) is 0 Å². The van der Waals surface area contributed by atoms with Crippen molar-refractivity contribution in [1.29, 1.82) is 0 Å². The first-order valence-corrected chi connectivity index (χ1v) is 9.46. The summed E-state index contributed by atoms with van der Waals surface area (Å²) in [5.41, 5.74) is 2.32. The molecule has 0 amide bonds. The van der Waals surface area contributed by atoms with Crippen molar-refractivity contribution in [3.05, 3.63) is 47.4 Å². The molecular weight excluding hydrogens is 388 g/mol. The monoisotopic (exact) mass is 412 g/mol. The van der Waals surface area contributed by atoms with Gasteiger partial charge in [0.1, 0.15) is 23.4 Å². The van der Waals surface area contributed by atoms with Crippen molar-refractivity contribution in [3.63, 3.8) is 0 Å². The number of hydrogen-bond donors (Lipinski definition) is 0.